The predicted molar refractivity (Wildman–Crippen MR) is 127 cm³/mol. The highest BCUT2D eigenvalue weighted by Gasteiger charge is 2.49. The summed E-state index contributed by atoms with van der Waals surface area (Å²) < 4.78 is 10.2. The van der Waals surface area contributed by atoms with Gasteiger partial charge in [-0.1, -0.05) is 48.7 Å². The summed E-state index contributed by atoms with van der Waals surface area (Å²) in [4.78, 5) is 28.2. The Bertz CT molecular complexity index is 1220. The first-order valence-corrected chi connectivity index (χ1v) is 11.5. The van der Waals surface area contributed by atoms with Crippen LogP contribution in [0, 0.1) is 5.92 Å². The monoisotopic (exact) mass is 458 g/mol. The number of anilines is 1. The minimum absolute atomic E-state index is 0.0853. The number of aliphatic hydroxyl groups is 1. The molecule has 0 radical (unpaired) electrons. The molecular formula is C27H26N2O5. The molecule has 1 aromatic heterocycles. The summed E-state index contributed by atoms with van der Waals surface area (Å²) in [7, 11) is 1.54. The van der Waals surface area contributed by atoms with Crippen molar-refractivity contribution in [3.63, 3.8) is 0 Å². The highest BCUT2D eigenvalue weighted by Crippen LogP contribution is 2.41. The van der Waals surface area contributed by atoms with E-state index in [4.69, 9.17) is 9.26 Å². The molecule has 2 fully saturated rings. The van der Waals surface area contributed by atoms with Crippen molar-refractivity contribution in [2.24, 2.45) is 5.92 Å². The molecule has 5 rings (SSSR count). The Morgan fingerprint density at radius 3 is 2.50 bits per heavy atom. The maximum atomic E-state index is 13.3. The van der Waals surface area contributed by atoms with Crippen LogP contribution in [0.2, 0.25) is 0 Å². The van der Waals surface area contributed by atoms with Gasteiger partial charge in [-0.25, -0.2) is 0 Å². The second-order valence-electron chi connectivity index (χ2n) is 8.77. The van der Waals surface area contributed by atoms with Crippen LogP contribution in [-0.2, 0) is 9.59 Å². The summed E-state index contributed by atoms with van der Waals surface area (Å²) >= 11 is 0. The fourth-order valence-corrected chi connectivity index (χ4v) is 5.12. The van der Waals surface area contributed by atoms with Gasteiger partial charge in [-0.15, -0.1) is 0 Å². The van der Waals surface area contributed by atoms with Gasteiger partial charge in [0, 0.05) is 22.9 Å². The molecule has 1 saturated heterocycles. The number of benzene rings is 2. The average molecular weight is 459 g/mol. The number of hydrogen-bond acceptors (Lipinski definition) is 6. The number of aliphatic hydroxyl groups excluding tert-OH is 1. The van der Waals surface area contributed by atoms with Crippen LogP contribution in [-0.4, -0.2) is 35.1 Å². The van der Waals surface area contributed by atoms with Crippen LogP contribution in [0.3, 0.4) is 0 Å². The van der Waals surface area contributed by atoms with Crippen LogP contribution in [0.4, 0.5) is 5.69 Å². The van der Waals surface area contributed by atoms with Gasteiger partial charge in [-0.2, -0.15) is 0 Å². The summed E-state index contributed by atoms with van der Waals surface area (Å²) in [5.74, 6) is -0.779. The van der Waals surface area contributed by atoms with Crippen LogP contribution in [0.15, 0.2) is 71.0 Å². The minimum Gasteiger partial charge on any atom is -0.507 e. The lowest BCUT2D eigenvalue weighted by Gasteiger charge is -2.34. The molecular weight excluding hydrogens is 432 g/mol. The Morgan fingerprint density at radius 1 is 1.06 bits per heavy atom. The molecule has 3 aromatic rings. The highest BCUT2D eigenvalue weighted by molar-refractivity contribution is 6.51. The van der Waals surface area contributed by atoms with Crippen molar-refractivity contribution in [3.8, 4) is 17.0 Å². The van der Waals surface area contributed by atoms with Crippen molar-refractivity contribution in [3.05, 3.63) is 72.0 Å². The number of Topliss-reactive ketones (excluding diaryl/α,β-unsaturated/α-hetero) is 1. The number of amides is 1. The van der Waals surface area contributed by atoms with Gasteiger partial charge in [-0.05, 0) is 43.0 Å². The molecule has 1 unspecified atom stereocenters. The number of nitrogens with zero attached hydrogens (tertiary/aromatic N) is 2. The van der Waals surface area contributed by atoms with E-state index in [0.717, 1.165) is 37.7 Å². The molecule has 1 aliphatic carbocycles. The number of rotatable bonds is 5. The fourth-order valence-electron chi connectivity index (χ4n) is 5.12. The zero-order chi connectivity index (χ0) is 23.7. The highest BCUT2D eigenvalue weighted by atomic mass is 16.5. The summed E-state index contributed by atoms with van der Waals surface area (Å²) in [6.45, 7) is 0. The Labute approximate surface area is 197 Å². The fraction of sp³-hybridized carbons (Fsp3) is 0.296. The van der Waals surface area contributed by atoms with E-state index in [1.807, 2.05) is 24.3 Å². The Balaban J connectivity index is 1.59. The van der Waals surface area contributed by atoms with E-state index < -0.39 is 17.7 Å². The lowest BCUT2D eigenvalue weighted by Crippen LogP contribution is -2.40. The molecule has 2 aromatic carbocycles. The van der Waals surface area contributed by atoms with Crippen molar-refractivity contribution in [2.75, 3.05) is 12.0 Å². The van der Waals surface area contributed by atoms with Crippen molar-refractivity contribution in [1.82, 2.24) is 5.16 Å². The van der Waals surface area contributed by atoms with E-state index in [0.29, 0.717) is 22.7 Å². The number of ether oxygens (including phenoxy) is 1. The van der Waals surface area contributed by atoms with Crippen molar-refractivity contribution in [1.29, 1.82) is 0 Å². The molecule has 1 N–H and O–H groups in total. The van der Waals surface area contributed by atoms with Crippen LogP contribution >= 0.6 is 0 Å². The van der Waals surface area contributed by atoms with Crippen LogP contribution in [0.1, 0.15) is 37.7 Å². The normalized spacial score (nSPS) is 20.6. The Kier molecular flexibility index (Phi) is 5.92. The first kappa shape index (κ1) is 21.9. The number of methoxy groups -OCH3 is 1. The largest absolute Gasteiger partial charge is 0.507 e. The third-order valence-corrected chi connectivity index (χ3v) is 6.81. The topological polar surface area (TPSA) is 92.9 Å². The van der Waals surface area contributed by atoms with E-state index in [2.05, 4.69) is 5.16 Å². The molecule has 0 spiro atoms. The van der Waals surface area contributed by atoms with Crippen LogP contribution < -0.4 is 9.64 Å². The van der Waals surface area contributed by atoms with Crippen molar-refractivity contribution >= 4 is 23.1 Å². The van der Waals surface area contributed by atoms with Gasteiger partial charge in [0.15, 0.2) is 0 Å². The van der Waals surface area contributed by atoms with Crippen molar-refractivity contribution in [2.45, 2.75) is 38.1 Å². The van der Waals surface area contributed by atoms with E-state index in [1.54, 1.807) is 42.3 Å². The molecule has 34 heavy (non-hydrogen) atoms. The summed E-state index contributed by atoms with van der Waals surface area (Å²) in [5.41, 5.74) is 2.79. The molecule has 7 nitrogen and oxygen atoms in total. The van der Waals surface area contributed by atoms with Crippen molar-refractivity contribution < 1.29 is 24.0 Å². The summed E-state index contributed by atoms with van der Waals surface area (Å²) in [5, 5.41) is 15.2. The molecule has 1 amide bonds. The molecule has 2 aliphatic rings. The molecule has 0 bridgehead atoms. The molecule has 2 heterocycles. The van der Waals surface area contributed by atoms with Crippen LogP contribution in [0.25, 0.3) is 17.0 Å². The Morgan fingerprint density at radius 2 is 1.82 bits per heavy atom. The van der Waals surface area contributed by atoms with E-state index >= 15 is 0 Å². The molecule has 1 atom stereocenters. The first-order valence-electron chi connectivity index (χ1n) is 11.5. The summed E-state index contributed by atoms with van der Waals surface area (Å²) in [6, 6.07) is 15.5. The van der Waals surface area contributed by atoms with Gasteiger partial charge in [0.05, 0.1) is 18.7 Å². The van der Waals surface area contributed by atoms with Gasteiger partial charge in [-0.3, -0.25) is 14.5 Å². The van der Waals surface area contributed by atoms with Gasteiger partial charge < -0.3 is 14.4 Å². The Hall–Kier alpha value is -3.87. The number of carbonyl (C=O) groups excluding carboxylic acids is 2. The quantitative estimate of drug-likeness (QED) is 0.322. The number of ketones is 1. The second kappa shape index (κ2) is 9.17. The third kappa shape index (κ3) is 3.87. The zero-order valence-electron chi connectivity index (χ0n) is 18.9. The van der Waals surface area contributed by atoms with Crippen LogP contribution in [0.5, 0.6) is 5.75 Å². The van der Waals surface area contributed by atoms with E-state index in [1.165, 1.54) is 6.26 Å². The average Bonchev–Trinajstić information content (AvgIpc) is 3.52. The van der Waals surface area contributed by atoms with Gasteiger partial charge in [0.2, 0.25) is 0 Å². The lowest BCUT2D eigenvalue weighted by atomic mass is 9.80. The molecule has 1 saturated carbocycles. The SMILES string of the molecule is COc1cccc(/C(O)=C2/C(=O)C(=O)N(c3ccc(-c4ccon4)cc3)C2C2CCCCC2)c1. The summed E-state index contributed by atoms with van der Waals surface area (Å²) in [6.07, 6.45) is 6.51. The number of aromatic nitrogens is 1. The van der Waals surface area contributed by atoms with Gasteiger partial charge >= 0.3 is 0 Å². The van der Waals surface area contributed by atoms with Gasteiger partial charge in [0.1, 0.15) is 23.5 Å². The van der Waals surface area contributed by atoms with Gasteiger partial charge in [0.25, 0.3) is 11.7 Å². The lowest BCUT2D eigenvalue weighted by molar-refractivity contribution is -0.132. The molecule has 174 valence electrons. The number of carbonyl (C=O) groups is 2. The maximum absolute atomic E-state index is 13.3. The maximum Gasteiger partial charge on any atom is 0.299 e. The molecule has 1 aliphatic heterocycles. The van der Waals surface area contributed by atoms with E-state index in [9.17, 15) is 14.7 Å². The smallest absolute Gasteiger partial charge is 0.299 e. The second-order valence-corrected chi connectivity index (χ2v) is 8.77. The number of hydrogen-bond donors (Lipinski definition) is 1. The van der Waals surface area contributed by atoms with E-state index in [-0.39, 0.29) is 17.3 Å². The zero-order valence-corrected chi connectivity index (χ0v) is 18.9. The minimum atomic E-state index is -0.656. The first-order chi connectivity index (χ1) is 16.6. The molecule has 7 heteroatoms. The third-order valence-electron chi connectivity index (χ3n) is 6.81. The predicted octanol–water partition coefficient (Wildman–Crippen LogP) is 5.18. The standard InChI is InChI=1S/C27H26N2O5/c1-33-21-9-5-8-19(16-21)25(30)23-24(18-6-3-2-4-7-18)29(27(32)26(23)31)20-12-10-17(11-13-20)22-14-15-34-28-22/h5,8-16,18,24,30H,2-4,6-7H2,1H3/b25-23-.